The van der Waals surface area contributed by atoms with Crippen LogP contribution < -0.4 is 11.8 Å². The summed E-state index contributed by atoms with van der Waals surface area (Å²) in [5, 5.41) is 59.4. The van der Waals surface area contributed by atoms with Gasteiger partial charge in [-0.05, 0) is 0 Å². The fourth-order valence-corrected chi connectivity index (χ4v) is 2.94. The summed E-state index contributed by atoms with van der Waals surface area (Å²) >= 11 is 0. The molecule has 6 unspecified atom stereocenters. The highest BCUT2D eigenvalue weighted by atomic mass is 16.8. The predicted molar refractivity (Wildman–Crippen MR) is 79.4 cm³/mol. The molecule has 26 heavy (non-hydrogen) atoms. The van der Waals surface area contributed by atoms with Crippen LogP contribution in [0.15, 0.2) is 0 Å². The van der Waals surface area contributed by atoms with Gasteiger partial charge in [0, 0.05) is 6.42 Å². The van der Waals surface area contributed by atoms with Crippen molar-refractivity contribution in [3.63, 3.8) is 0 Å². The molecule has 154 valence electrons. The van der Waals surface area contributed by atoms with Crippen molar-refractivity contribution >= 4 is 0 Å². The van der Waals surface area contributed by atoms with Crippen LogP contribution in [0.4, 0.5) is 0 Å². The highest BCUT2D eigenvalue weighted by molar-refractivity contribution is 4.94. The van der Waals surface area contributed by atoms with E-state index in [1.165, 1.54) is 0 Å². The van der Waals surface area contributed by atoms with Crippen molar-refractivity contribution in [3.05, 3.63) is 0 Å². The highest BCUT2D eigenvalue weighted by Gasteiger charge is 2.51. The molecule has 2 heterocycles. The van der Waals surface area contributed by atoms with Crippen LogP contribution in [0.1, 0.15) is 6.42 Å². The van der Waals surface area contributed by atoms with Gasteiger partial charge in [0.1, 0.15) is 36.1 Å². The lowest BCUT2D eigenvalue weighted by Crippen LogP contribution is -2.63. The summed E-state index contributed by atoms with van der Waals surface area (Å²) in [6.07, 6.45) is -12.2. The van der Waals surface area contributed by atoms with Gasteiger partial charge >= 0.3 is 0 Å². The van der Waals surface area contributed by atoms with Crippen LogP contribution in [0, 0.1) is 0 Å². The third kappa shape index (κ3) is 4.48. The quantitative estimate of drug-likeness (QED) is 0.192. The smallest absolute Gasteiger partial charge is 0.190 e. The van der Waals surface area contributed by atoms with E-state index in [-0.39, 0.29) is 19.6 Å². The first kappa shape index (κ1) is 21.8. The zero-order valence-electron chi connectivity index (χ0n) is 13.8. The minimum absolute atomic E-state index is 0.194. The largest absolute Gasteiger partial charge is 0.393 e. The lowest BCUT2D eigenvalue weighted by atomic mass is 9.91. The summed E-state index contributed by atoms with van der Waals surface area (Å²) in [6.45, 7) is -1.23. The van der Waals surface area contributed by atoms with E-state index >= 15 is 0 Å². The molecule has 10 N–H and O–H groups in total. The van der Waals surface area contributed by atoms with Crippen molar-refractivity contribution < 1.29 is 54.5 Å². The third-order valence-electron chi connectivity index (χ3n) is 4.45. The molecular formula is C13H26N2O11. The Balaban J connectivity index is 2.13. The van der Waals surface area contributed by atoms with Crippen molar-refractivity contribution in [2.45, 2.75) is 61.2 Å². The fourth-order valence-electron chi connectivity index (χ4n) is 2.94. The predicted octanol–water partition coefficient (Wildman–Crippen LogP) is -5.21. The molecule has 0 aromatic heterocycles. The van der Waals surface area contributed by atoms with E-state index in [2.05, 4.69) is 9.68 Å². The molecule has 2 saturated heterocycles. The molecule has 2 fully saturated rings. The number of hydrogen-bond donors (Lipinski definition) is 8. The van der Waals surface area contributed by atoms with Crippen molar-refractivity contribution in [2.24, 2.45) is 11.8 Å². The number of aliphatic hydroxyl groups excluding tert-OH is 6. The Morgan fingerprint density at radius 3 is 2.19 bits per heavy atom. The Morgan fingerprint density at radius 1 is 0.923 bits per heavy atom. The van der Waals surface area contributed by atoms with Gasteiger partial charge in [-0.1, -0.05) is 0 Å². The fraction of sp³-hybridized carbons (Fsp3) is 1.00. The van der Waals surface area contributed by atoms with Gasteiger partial charge < -0.3 is 54.5 Å². The summed E-state index contributed by atoms with van der Waals surface area (Å²) in [6, 6.07) is 0. The molecule has 13 nitrogen and oxygen atoms in total. The van der Waals surface area contributed by atoms with Crippen LogP contribution in [0.3, 0.4) is 0 Å². The third-order valence-corrected chi connectivity index (χ3v) is 4.45. The van der Waals surface area contributed by atoms with Gasteiger partial charge in [-0.15, -0.1) is 0 Å². The second kappa shape index (κ2) is 9.11. The van der Waals surface area contributed by atoms with Crippen LogP contribution in [-0.4, -0.2) is 105 Å². The summed E-state index contributed by atoms with van der Waals surface area (Å²) in [5.74, 6) is 9.94. The Kier molecular flexibility index (Phi) is 7.63. The molecule has 13 heteroatoms. The van der Waals surface area contributed by atoms with Gasteiger partial charge in [0.15, 0.2) is 12.6 Å². The molecular weight excluding hydrogens is 360 g/mol. The van der Waals surface area contributed by atoms with Gasteiger partial charge in [-0.3, -0.25) is 0 Å². The van der Waals surface area contributed by atoms with Crippen molar-refractivity contribution in [2.75, 3.05) is 19.8 Å². The van der Waals surface area contributed by atoms with Gasteiger partial charge in [-0.2, -0.15) is 0 Å². The standard InChI is InChI=1S/C13H26N2O11/c14-22-2-6-8(19)9(20)10(21)11(24-6)25-12-7(18)5(17)1-13(3-16,26-12)4-23-15/h5-12,16-21H,1-4,14-15H2/t5?,6?,7?,8-,9?,10?,11-,12+,13?/m1/s1. The zero-order valence-corrected chi connectivity index (χ0v) is 13.8. The molecule has 0 aromatic carbocycles. The molecule has 0 saturated carbocycles. The van der Waals surface area contributed by atoms with Crippen LogP contribution in [0.25, 0.3) is 0 Å². The highest BCUT2D eigenvalue weighted by Crippen LogP contribution is 2.32. The number of ether oxygens (including phenoxy) is 3. The normalized spacial score (nSPS) is 47.1. The maximum atomic E-state index is 10.1. The topological polar surface area (TPSA) is 220 Å². The van der Waals surface area contributed by atoms with Gasteiger partial charge in [0.05, 0.1) is 25.9 Å². The minimum atomic E-state index is -1.71. The Labute approximate surface area is 148 Å². The second-order valence-corrected chi connectivity index (χ2v) is 6.38. The van der Waals surface area contributed by atoms with E-state index in [1.54, 1.807) is 0 Å². The summed E-state index contributed by atoms with van der Waals surface area (Å²) in [7, 11) is 0. The van der Waals surface area contributed by atoms with E-state index in [0.29, 0.717) is 0 Å². The molecule has 0 radical (unpaired) electrons. The van der Waals surface area contributed by atoms with Crippen LogP contribution >= 0.6 is 0 Å². The van der Waals surface area contributed by atoms with E-state index in [1.807, 2.05) is 0 Å². The molecule has 0 bridgehead atoms. The average molecular weight is 386 g/mol. The molecule has 2 aliphatic rings. The molecule has 2 aliphatic heterocycles. The first-order valence-corrected chi connectivity index (χ1v) is 7.92. The molecule has 0 spiro atoms. The average Bonchev–Trinajstić information content (AvgIpc) is 2.61. The van der Waals surface area contributed by atoms with Crippen molar-refractivity contribution in [3.8, 4) is 0 Å². The summed E-state index contributed by atoms with van der Waals surface area (Å²) < 4.78 is 16.1. The van der Waals surface area contributed by atoms with E-state index in [4.69, 9.17) is 26.0 Å². The number of rotatable bonds is 7. The van der Waals surface area contributed by atoms with Gasteiger partial charge in [-0.25, -0.2) is 11.8 Å². The Bertz CT molecular complexity index is 446. The first-order valence-electron chi connectivity index (χ1n) is 7.92. The Morgan fingerprint density at radius 2 is 1.62 bits per heavy atom. The minimum Gasteiger partial charge on any atom is -0.393 e. The second-order valence-electron chi connectivity index (χ2n) is 6.38. The lowest BCUT2D eigenvalue weighted by molar-refractivity contribution is -0.383. The van der Waals surface area contributed by atoms with Crippen LogP contribution in [-0.2, 0) is 23.9 Å². The van der Waals surface area contributed by atoms with Gasteiger partial charge in [0.2, 0.25) is 0 Å². The molecule has 9 atom stereocenters. The molecule has 0 aromatic rings. The maximum absolute atomic E-state index is 10.1. The summed E-state index contributed by atoms with van der Waals surface area (Å²) in [4.78, 5) is 8.86. The van der Waals surface area contributed by atoms with Gasteiger partial charge in [0.25, 0.3) is 0 Å². The van der Waals surface area contributed by atoms with Crippen molar-refractivity contribution in [1.82, 2.24) is 0 Å². The van der Waals surface area contributed by atoms with E-state index < -0.39 is 61.4 Å². The SMILES string of the molecule is NOCC1O[C@H](O[C@H]2OC(CO)(CON)CC(O)C2O)C(O)C(O)[C@@H]1O. The van der Waals surface area contributed by atoms with Crippen molar-refractivity contribution in [1.29, 1.82) is 0 Å². The zero-order chi connectivity index (χ0) is 19.5. The molecule has 0 aliphatic carbocycles. The monoisotopic (exact) mass is 386 g/mol. The lowest BCUT2D eigenvalue weighted by Gasteiger charge is -2.46. The first-order chi connectivity index (χ1) is 12.3. The van der Waals surface area contributed by atoms with Crippen LogP contribution in [0.5, 0.6) is 0 Å². The number of hydrogen-bond acceptors (Lipinski definition) is 13. The number of aliphatic hydroxyl groups is 6. The summed E-state index contributed by atoms with van der Waals surface area (Å²) in [5.41, 5.74) is -1.46. The van der Waals surface area contributed by atoms with E-state index in [0.717, 1.165) is 0 Å². The van der Waals surface area contributed by atoms with E-state index in [9.17, 15) is 30.6 Å². The Hall–Kier alpha value is -0.520. The molecule has 2 rings (SSSR count). The van der Waals surface area contributed by atoms with Crippen LogP contribution in [0.2, 0.25) is 0 Å². The molecule has 0 amide bonds. The maximum Gasteiger partial charge on any atom is 0.190 e. The number of nitrogens with two attached hydrogens (primary N) is 2.